The molecule has 3 atom stereocenters. The van der Waals surface area contributed by atoms with E-state index >= 15 is 0 Å². The standard InChI is InChI=1S/C30H26O5/c31-27(32)29(14-3-4-15-30(29,28(33)34)17-22-18-35-22)16-21-8-5-7-20-11-12-24-23-9-2-1-6-19(23)10-13-25(24)26(20)21/h1-13,22H,14-18H2,(H,31,32)(H,33,34). The minimum absolute atomic E-state index is 0.134. The van der Waals surface area contributed by atoms with Crippen molar-refractivity contribution in [1.82, 2.24) is 0 Å². The molecular weight excluding hydrogens is 440 g/mol. The summed E-state index contributed by atoms with van der Waals surface area (Å²) < 4.78 is 5.40. The molecule has 2 aliphatic rings. The zero-order chi connectivity index (χ0) is 24.2. The third-order valence-electron chi connectivity index (χ3n) is 8.16. The lowest BCUT2D eigenvalue weighted by atomic mass is 9.53. The van der Waals surface area contributed by atoms with Gasteiger partial charge in [0, 0.05) is 0 Å². The Balaban J connectivity index is 1.59. The fourth-order valence-corrected chi connectivity index (χ4v) is 6.23. The van der Waals surface area contributed by atoms with Crippen LogP contribution in [0.2, 0.25) is 0 Å². The number of benzene rings is 4. The molecule has 0 radical (unpaired) electrons. The Morgan fingerprint density at radius 1 is 0.771 bits per heavy atom. The van der Waals surface area contributed by atoms with Crippen LogP contribution in [0.4, 0.5) is 0 Å². The summed E-state index contributed by atoms with van der Waals surface area (Å²) in [5, 5.41) is 27.6. The Kier molecular flexibility index (Phi) is 4.94. The number of allylic oxidation sites excluding steroid dienone is 2. The van der Waals surface area contributed by atoms with E-state index in [4.69, 9.17) is 4.74 Å². The van der Waals surface area contributed by atoms with Gasteiger partial charge in [-0.25, -0.2) is 0 Å². The van der Waals surface area contributed by atoms with Crippen LogP contribution in [0.1, 0.15) is 24.8 Å². The predicted octanol–water partition coefficient (Wildman–Crippen LogP) is 5.97. The first-order chi connectivity index (χ1) is 16.9. The van der Waals surface area contributed by atoms with Crippen molar-refractivity contribution in [3.63, 3.8) is 0 Å². The molecule has 4 aromatic carbocycles. The maximum absolute atomic E-state index is 13.0. The number of ether oxygens (including phenoxy) is 1. The van der Waals surface area contributed by atoms with Crippen molar-refractivity contribution in [2.75, 3.05) is 6.61 Å². The monoisotopic (exact) mass is 466 g/mol. The van der Waals surface area contributed by atoms with E-state index in [1.54, 1.807) is 0 Å². The minimum Gasteiger partial charge on any atom is -0.481 e. The van der Waals surface area contributed by atoms with Crippen LogP contribution >= 0.6 is 0 Å². The molecule has 0 saturated carbocycles. The van der Waals surface area contributed by atoms with E-state index in [-0.39, 0.29) is 31.8 Å². The Hall–Kier alpha value is -3.70. The largest absolute Gasteiger partial charge is 0.481 e. The predicted molar refractivity (Wildman–Crippen MR) is 136 cm³/mol. The summed E-state index contributed by atoms with van der Waals surface area (Å²) >= 11 is 0. The minimum atomic E-state index is -1.48. The van der Waals surface area contributed by atoms with Gasteiger partial charge in [0.2, 0.25) is 0 Å². The molecule has 5 nitrogen and oxygen atoms in total. The molecule has 1 saturated heterocycles. The molecule has 3 unspecified atom stereocenters. The van der Waals surface area contributed by atoms with Gasteiger partial charge in [0.15, 0.2) is 0 Å². The number of hydrogen-bond donors (Lipinski definition) is 2. The summed E-state index contributed by atoms with van der Waals surface area (Å²) in [6, 6.07) is 22.5. The van der Waals surface area contributed by atoms with Crippen molar-refractivity contribution in [3.05, 3.63) is 84.4 Å². The van der Waals surface area contributed by atoms with Crippen LogP contribution in [0.25, 0.3) is 32.3 Å². The van der Waals surface area contributed by atoms with Gasteiger partial charge in [-0.3, -0.25) is 9.59 Å². The fourth-order valence-electron chi connectivity index (χ4n) is 6.23. The SMILES string of the molecule is O=C(O)C1(Cc2cccc3ccc4c5ccccc5ccc4c23)CC=CCC1(CC1CO1)C(=O)O. The van der Waals surface area contributed by atoms with E-state index in [1.165, 1.54) is 0 Å². The molecule has 2 N–H and O–H groups in total. The van der Waals surface area contributed by atoms with Gasteiger partial charge in [-0.2, -0.15) is 0 Å². The van der Waals surface area contributed by atoms with Crippen molar-refractivity contribution in [2.45, 2.75) is 31.8 Å². The fraction of sp³-hybridized carbons (Fsp3) is 0.267. The van der Waals surface area contributed by atoms with Crippen molar-refractivity contribution < 1.29 is 24.5 Å². The quantitative estimate of drug-likeness (QED) is 0.208. The second kappa shape index (κ2) is 7.92. The second-order valence-electron chi connectivity index (χ2n) is 9.95. The van der Waals surface area contributed by atoms with Crippen LogP contribution in [0.15, 0.2) is 78.9 Å². The number of rotatable bonds is 6. The van der Waals surface area contributed by atoms with Crippen molar-refractivity contribution in [3.8, 4) is 0 Å². The molecule has 35 heavy (non-hydrogen) atoms. The lowest BCUT2D eigenvalue weighted by molar-refractivity contribution is -0.176. The lowest BCUT2D eigenvalue weighted by Crippen LogP contribution is -2.55. The summed E-state index contributed by atoms with van der Waals surface area (Å²) in [6.45, 7) is 0.487. The molecule has 5 heteroatoms. The highest BCUT2D eigenvalue weighted by Crippen LogP contribution is 2.55. The molecule has 4 aromatic rings. The van der Waals surface area contributed by atoms with Crippen LogP contribution in [0.5, 0.6) is 0 Å². The average molecular weight is 467 g/mol. The zero-order valence-electron chi connectivity index (χ0n) is 19.2. The van der Waals surface area contributed by atoms with Gasteiger partial charge in [0.1, 0.15) is 0 Å². The number of fused-ring (bicyclic) bond motifs is 5. The maximum atomic E-state index is 13.0. The third kappa shape index (κ3) is 3.26. The Bertz CT molecular complexity index is 1530. The topological polar surface area (TPSA) is 87.1 Å². The van der Waals surface area contributed by atoms with Crippen LogP contribution in [0.3, 0.4) is 0 Å². The Morgan fingerprint density at radius 2 is 1.43 bits per heavy atom. The second-order valence-corrected chi connectivity index (χ2v) is 9.95. The average Bonchev–Trinajstić information content (AvgIpc) is 3.68. The van der Waals surface area contributed by atoms with E-state index in [0.29, 0.717) is 6.61 Å². The first-order valence-electron chi connectivity index (χ1n) is 12.0. The van der Waals surface area contributed by atoms with Crippen LogP contribution in [-0.4, -0.2) is 34.9 Å². The number of carboxylic acids is 2. The highest BCUT2D eigenvalue weighted by Gasteiger charge is 2.62. The van der Waals surface area contributed by atoms with Gasteiger partial charge in [0.05, 0.1) is 23.5 Å². The lowest BCUT2D eigenvalue weighted by Gasteiger charge is -2.46. The molecule has 1 fully saturated rings. The Morgan fingerprint density at radius 3 is 2.17 bits per heavy atom. The normalized spacial score (nSPS) is 25.8. The smallest absolute Gasteiger partial charge is 0.311 e. The Labute approximate surface area is 202 Å². The first kappa shape index (κ1) is 21.8. The molecule has 0 spiro atoms. The van der Waals surface area contributed by atoms with Gasteiger partial charge >= 0.3 is 11.9 Å². The van der Waals surface area contributed by atoms with Crippen LogP contribution in [-0.2, 0) is 20.7 Å². The zero-order valence-corrected chi connectivity index (χ0v) is 19.2. The number of aliphatic carboxylic acids is 2. The molecule has 1 heterocycles. The van der Waals surface area contributed by atoms with Gasteiger partial charge < -0.3 is 14.9 Å². The van der Waals surface area contributed by atoms with E-state index in [0.717, 1.165) is 37.9 Å². The molecule has 0 amide bonds. The first-order valence-corrected chi connectivity index (χ1v) is 12.0. The summed E-state index contributed by atoms with van der Waals surface area (Å²) in [6.07, 6.45) is 4.15. The summed E-state index contributed by atoms with van der Waals surface area (Å²) in [5.74, 6) is -2.12. The number of carboxylic acid groups (broad SMARTS) is 2. The molecular formula is C30H26O5. The molecule has 0 bridgehead atoms. The van der Waals surface area contributed by atoms with E-state index in [9.17, 15) is 19.8 Å². The third-order valence-corrected chi connectivity index (χ3v) is 8.16. The molecule has 176 valence electrons. The van der Waals surface area contributed by atoms with Crippen LogP contribution < -0.4 is 0 Å². The summed E-state index contributed by atoms with van der Waals surface area (Å²) in [4.78, 5) is 25.9. The van der Waals surface area contributed by atoms with E-state index < -0.39 is 22.8 Å². The van der Waals surface area contributed by atoms with E-state index in [1.807, 2.05) is 42.5 Å². The highest BCUT2D eigenvalue weighted by atomic mass is 16.6. The maximum Gasteiger partial charge on any atom is 0.311 e. The molecule has 0 aromatic heterocycles. The van der Waals surface area contributed by atoms with Gasteiger partial charge in [-0.15, -0.1) is 0 Å². The molecule has 6 rings (SSSR count). The molecule has 1 aliphatic carbocycles. The number of carbonyl (C=O) groups is 2. The summed E-state index contributed by atoms with van der Waals surface area (Å²) in [7, 11) is 0. The van der Waals surface area contributed by atoms with Crippen LogP contribution in [0, 0.1) is 10.8 Å². The van der Waals surface area contributed by atoms with Crippen molar-refractivity contribution in [1.29, 1.82) is 0 Å². The van der Waals surface area contributed by atoms with Gasteiger partial charge in [-0.1, -0.05) is 78.9 Å². The summed E-state index contributed by atoms with van der Waals surface area (Å²) in [5.41, 5.74) is -2.05. The highest BCUT2D eigenvalue weighted by molar-refractivity contribution is 6.18. The molecule has 1 aliphatic heterocycles. The number of hydrogen-bond acceptors (Lipinski definition) is 3. The van der Waals surface area contributed by atoms with Gasteiger partial charge in [-0.05, 0) is 63.6 Å². The van der Waals surface area contributed by atoms with Crippen molar-refractivity contribution >= 4 is 44.3 Å². The van der Waals surface area contributed by atoms with Crippen molar-refractivity contribution in [2.24, 2.45) is 10.8 Å². The number of epoxide rings is 1. The van der Waals surface area contributed by atoms with E-state index in [2.05, 4.69) is 36.4 Å². The van der Waals surface area contributed by atoms with Gasteiger partial charge in [0.25, 0.3) is 0 Å².